The molecule has 0 aliphatic heterocycles. The van der Waals surface area contributed by atoms with Crippen molar-refractivity contribution in [2.24, 2.45) is 0 Å². The van der Waals surface area contributed by atoms with Crippen LogP contribution in [0.5, 0.6) is 0 Å². The van der Waals surface area contributed by atoms with Gasteiger partial charge in [-0.05, 0) is 0 Å². The predicted octanol–water partition coefficient (Wildman–Crippen LogP) is 1.75. The van der Waals surface area contributed by atoms with E-state index in [0.29, 0.717) is 0 Å². The minimum atomic E-state index is -4.88. The third-order valence-corrected chi connectivity index (χ3v) is 1.02. The number of alkyl halides is 6. The van der Waals surface area contributed by atoms with Gasteiger partial charge < -0.3 is 9.84 Å². The Morgan fingerprint density at radius 2 is 1.60 bits per heavy atom. The smallest absolute Gasteiger partial charge is 0.399 e. The first kappa shape index (κ1) is 14.0. The average Bonchev–Trinajstić information content (AvgIpc) is 1.73. The summed E-state index contributed by atoms with van der Waals surface area (Å²) < 4.78 is 72.5. The Morgan fingerprint density at radius 1 is 1.13 bits per heavy atom. The molecule has 0 saturated heterocycles. The predicted molar refractivity (Wildman–Crippen MR) is 33.4 cm³/mol. The molecule has 1 atom stereocenters. The van der Waals surface area contributed by atoms with Crippen molar-refractivity contribution in [1.29, 1.82) is 0 Å². The van der Waals surface area contributed by atoms with E-state index in [2.05, 4.69) is 4.74 Å². The van der Waals surface area contributed by atoms with E-state index in [4.69, 9.17) is 5.11 Å². The van der Waals surface area contributed by atoms with Crippen molar-refractivity contribution in [3.63, 3.8) is 0 Å². The third kappa shape index (κ3) is 9.32. The molecule has 0 amide bonds. The van der Waals surface area contributed by atoms with Crippen molar-refractivity contribution in [3.05, 3.63) is 0 Å². The van der Waals surface area contributed by atoms with Crippen LogP contribution in [0.4, 0.5) is 26.3 Å². The fourth-order valence-electron chi connectivity index (χ4n) is 0.597. The van der Waals surface area contributed by atoms with E-state index in [1.165, 1.54) is 0 Å². The topological polar surface area (TPSA) is 46.5 Å². The first-order valence-corrected chi connectivity index (χ1v) is 3.50. The van der Waals surface area contributed by atoms with E-state index in [0.717, 1.165) is 0 Å². The third-order valence-electron chi connectivity index (χ3n) is 1.02. The molecule has 15 heavy (non-hydrogen) atoms. The van der Waals surface area contributed by atoms with Crippen LogP contribution in [0.2, 0.25) is 0 Å². The summed E-state index contributed by atoms with van der Waals surface area (Å²) in [5.41, 5.74) is 0. The molecule has 90 valence electrons. The summed E-state index contributed by atoms with van der Waals surface area (Å²) in [6.07, 6.45) is -16.3. The second-order valence-electron chi connectivity index (χ2n) is 2.56. The second kappa shape index (κ2) is 4.69. The molecule has 0 radical (unpaired) electrons. The molecule has 0 aromatic rings. The summed E-state index contributed by atoms with van der Waals surface area (Å²) in [7, 11) is 0. The van der Waals surface area contributed by atoms with Crippen molar-refractivity contribution in [2.45, 2.75) is 31.5 Å². The van der Waals surface area contributed by atoms with Gasteiger partial charge in [-0.1, -0.05) is 0 Å². The zero-order valence-corrected chi connectivity index (χ0v) is 7.02. The first-order chi connectivity index (χ1) is 6.49. The number of carbonyl (C=O) groups is 1. The van der Waals surface area contributed by atoms with Crippen LogP contribution >= 0.6 is 0 Å². The van der Waals surface area contributed by atoms with Crippen LogP contribution in [0, 0.1) is 0 Å². The van der Waals surface area contributed by atoms with Gasteiger partial charge in [-0.25, -0.2) is 0 Å². The number of aliphatic hydroxyl groups is 1. The Balaban J connectivity index is 3.98. The molecule has 0 saturated carbocycles. The van der Waals surface area contributed by atoms with Crippen LogP contribution in [0.15, 0.2) is 0 Å². The Hall–Kier alpha value is -0.990. The van der Waals surface area contributed by atoms with Crippen LogP contribution in [0.25, 0.3) is 0 Å². The highest BCUT2D eigenvalue weighted by atomic mass is 19.4. The van der Waals surface area contributed by atoms with E-state index in [1.54, 1.807) is 0 Å². The van der Waals surface area contributed by atoms with E-state index < -0.39 is 37.5 Å². The monoisotopic (exact) mass is 240 g/mol. The summed E-state index contributed by atoms with van der Waals surface area (Å²) in [6, 6.07) is 0. The lowest BCUT2D eigenvalue weighted by atomic mass is 10.4. The minimum absolute atomic E-state index is 1.91. The highest BCUT2D eigenvalue weighted by molar-refractivity contribution is 5.70. The fraction of sp³-hybridized carbons (Fsp3) is 0.833. The number of ether oxygens (including phenoxy) is 1. The number of hydrogen-bond acceptors (Lipinski definition) is 3. The van der Waals surface area contributed by atoms with Gasteiger partial charge >= 0.3 is 18.3 Å². The van der Waals surface area contributed by atoms with E-state index >= 15 is 0 Å². The van der Waals surface area contributed by atoms with E-state index in [9.17, 15) is 31.1 Å². The molecule has 0 aromatic heterocycles. The lowest BCUT2D eigenvalue weighted by Crippen LogP contribution is -2.27. The van der Waals surface area contributed by atoms with Crippen molar-refractivity contribution >= 4 is 5.97 Å². The van der Waals surface area contributed by atoms with Crippen LogP contribution in [-0.2, 0) is 9.53 Å². The molecule has 0 heterocycles. The highest BCUT2D eigenvalue weighted by Gasteiger charge is 2.36. The Bertz CT molecular complexity index is 220. The summed E-state index contributed by atoms with van der Waals surface area (Å²) in [5.74, 6) is -1.96. The molecule has 0 aliphatic carbocycles. The van der Waals surface area contributed by atoms with Crippen molar-refractivity contribution < 1.29 is 41.0 Å². The molecular weight excluding hydrogens is 234 g/mol. The summed E-state index contributed by atoms with van der Waals surface area (Å²) >= 11 is 0. The molecule has 1 N–H and O–H groups in total. The summed E-state index contributed by atoms with van der Waals surface area (Å²) in [6.45, 7) is 0. The van der Waals surface area contributed by atoms with Gasteiger partial charge in [0.05, 0.1) is 0 Å². The quantitative estimate of drug-likeness (QED) is 0.464. The van der Waals surface area contributed by atoms with Crippen LogP contribution in [-0.4, -0.2) is 29.7 Å². The number of halogens is 6. The molecule has 0 fully saturated rings. The maximum atomic E-state index is 11.5. The first-order valence-electron chi connectivity index (χ1n) is 3.50. The van der Waals surface area contributed by atoms with Crippen molar-refractivity contribution in [2.75, 3.05) is 0 Å². The van der Waals surface area contributed by atoms with Gasteiger partial charge in [0.2, 0.25) is 6.29 Å². The SMILES string of the molecule is O=C(CC(F)(F)F)OC(O)CC(F)(F)F. The maximum absolute atomic E-state index is 11.5. The number of esters is 1. The van der Waals surface area contributed by atoms with Crippen LogP contribution in [0.1, 0.15) is 12.8 Å². The fourth-order valence-corrected chi connectivity index (χ4v) is 0.597. The van der Waals surface area contributed by atoms with Gasteiger partial charge in [0, 0.05) is 0 Å². The minimum Gasteiger partial charge on any atom is -0.435 e. The average molecular weight is 240 g/mol. The second-order valence-corrected chi connectivity index (χ2v) is 2.56. The number of hydrogen-bond donors (Lipinski definition) is 1. The number of aliphatic hydroxyl groups excluding tert-OH is 1. The maximum Gasteiger partial charge on any atom is 0.399 e. The molecule has 0 spiro atoms. The Morgan fingerprint density at radius 3 is 1.93 bits per heavy atom. The summed E-state index contributed by atoms with van der Waals surface area (Å²) in [5, 5.41) is 8.42. The van der Waals surface area contributed by atoms with Crippen molar-refractivity contribution in [1.82, 2.24) is 0 Å². The molecule has 0 aromatic carbocycles. The largest absolute Gasteiger partial charge is 0.435 e. The lowest BCUT2D eigenvalue weighted by molar-refractivity contribution is -0.214. The molecule has 9 heteroatoms. The Labute approximate surface area is 79.6 Å². The number of rotatable bonds is 3. The van der Waals surface area contributed by atoms with E-state index in [1.807, 2.05) is 0 Å². The van der Waals surface area contributed by atoms with Gasteiger partial charge in [-0.15, -0.1) is 0 Å². The van der Waals surface area contributed by atoms with Crippen molar-refractivity contribution in [3.8, 4) is 0 Å². The zero-order valence-electron chi connectivity index (χ0n) is 7.02. The lowest BCUT2D eigenvalue weighted by Gasteiger charge is -2.14. The van der Waals surface area contributed by atoms with Gasteiger partial charge in [0.25, 0.3) is 0 Å². The Kier molecular flexibility index (Phi) is 4.38. The molecule has 3 nitrogen and oxygen atoms in total. The van der Waals surface area contributed by atoms with Crippen LogP contribution < -0.4 is 0 Å². The summed E-state index contributed by atoms with van der Waals surface area (Å²) in [4.78, 5) is 10.3. The molecule has 0 aliphatic rings. The normalized spacial score (nSPS) is 14.9. The van der Waals surface area contributed by atoms with Gasteiger partial charge in [-0.3, -0.25) is 4.79 Å². The van der Waals surface area contributed by atoms with Gasteiger partial charge in [-0.2, -0.15) is 26.3 Å². The number of carbonyl (C=O) groups excluding carboxylic acids is 1. The van der Waals surface area contributed by atoms with E-state index in [-0.39, 0.29) is 0 Å². The van der Waals surface area contributed by atoms with Gasteiger partial charge in [0.15, 0.2) is 0 Å². The van der Waals surface area contributed by atoms with Gasteiger partial charge in [0.1, 0.15) is 12.8 Å². The molecule has 0 rings (SSSR count). The standard InChI is InChI=1S/C6H6F6O3/c7-5(8,9)1-3(13)15-4(14)2-6(10,11)12/h3,13H,1-2H2. The molecular formula is C6H6F6O3. The molecule has 1 unspecified atom stereocenters. The highest BCUT2D eigenvalue weighted by Crippen LogP contribution is 2.24. The van der Waals surface area contributed by atoms with Crippen LogP contribution in [0.3, 0.4) is 0 Å². The molecule has 0 bridgehead atoms. The zero-order chi connectivity index (χ0) is 12.3.